The quantitative estimate of drug-likeness (QED) is 0.513. The summed E-state index contributed by atoms with van der Waals surface area (Å²) in [4.78, 5) is 27.8. The number of amides is 1. The maximum absolute atomic E-state index is 13.5. The van der Waals surface area contributed by atoms with Gasteiger partial charge in [0.05, 0.1) is 7.11 Å². The van der Waals surface area contributed by atoms with Crippen molar-refractivity contribution in [1.29, 1.82) is 0 Å². The molecule has 1 fully saturated rings. The summed E-state index contributed by atoms with van der Waals surface area (Å²) in [6.07, 6.45) is 2.14. The fraction of sp³-hybridized carbons (Fsp3) is 0.481. The van der Waals surface area contributed by atoms with Crippen LogP contribution in [-0.4, -0.2) is 42.6 Å². The molecule has 1 amide bonds. The van der Waals surface area contributed by atoms with Crippen LogP contribution in [0.3, 0.4) is 0 Å². The minimum Gasteiger partial charge on any atom is -0.497 e. The van der Waals surface area contributed by atoms with E-state index >= 15 is 0 Å². The Kier molecular flexibility index (Phi) is 7.27. The number of ketones is 1. The second-order valence-electron chi connectivity index (χ2n) is 10.0. The lowest BCUT2D eigenvalue weighted by atomic mass is 9.70. The summed E-state index contributed by atoms with van der Waals surface area (Å²) in [5.74, 6) is 0.657. The third-order valence-corrected chi connectivity index (χ3v) is 6.21. The molecular formula is C27H35NO4. The van der Waals surface area contributed by atoms with E-state index in [-0.39, 0.29) is 23.2 Å². The fourth-order valence-electron chi connectivity index (χ4n) is 4.25. The van der Waals surface area contributed by atoms with E-state index in [1.807, 2.05) is 75.4 Å². The Morgan fingerprint density at radius 2 is 1.59 bits per heavy atom. The topological polar surface area (TPSA) is 55.8 Å². The van der Waals surface area contributed by atoms with Crippen molar-refractivity contribution in [2.45, 2.75) is 58.5 Å². The van der Waals surface area contributed by atoms with Crippen LogP contribution in [0.5, 0.6) is 5.75 Å². The van der Waals surface area contributed by atoms with Crippen LogP contribution in [0.15, 0.2) is 54.6 Å². The molecular weight excluding hydrogens is 402 g/mol. The van der Waals surface area contributed by atoms with Gasteiger partial charge in [-0.25, -0.2) is 4.79 Å². The van der Waals surface area contributed by atoms with Gasteiger partial charge in [-0.15, -0.1) is 0 Å². The molecule has 0 bridgehead atoms. The number of carbonyl (C=O) groups excluding carboxylic acids is 2. The molecule has 3 rings (SSSR count). The number of ether oxygens (including phenoxy) is 2. The standard InChI is InChI=1S/C27H35NO4/c1-26(2,3)32-25(30)28-17-15-27(4,16-18-28)19-23(20-11-13-22(31-5)14-12-20)24(29)21-9-7-6-8-10-21/h6-14,23H,15-19H2,1-5H3. The van der Waals surface area contributed by atoms with Crippen LogP contribution < -0.4 is 4.74 Å². The third-order valence-electron chi connectivity index (χ3n) is 6.21. The molecule has 0 radical (unpaired) electrons. The number of piperidine rings is 1. The molecule has 0 aliphatic carbocycles. The van der Waals surface area contributed by atoms with Crippen LogP contribution in [0.4, 0.5) is 4.79 Å². The van der Waals surface area contributed by atoms with Crippen molar-refractivity contribution in [3.8, 4) is 5.75 Å². The van der Waals surface area contributed by atoms with Crippen molar-refractivity contribution in [3.05, 3.63) is 65.7 Å². The molecule has 1 aliphatic rings. The van der Waals surface area contributed by atoms with Crippen LogP contribution in [0.25, 0.3) is 0 Å². The smallest absolute Gasteiger partial charge is 0.410 e. The molecule has 0 spiro atoms. The summed E-state index contributed by atoms with van der Waals surface area (Å²) in [5, 5.41) is 0. The first-order valence-electron chi connectivity index (χ1n) is 11.3. The monoisotopic (exact) mass is 437 g/mol. The normalized spacial score (nSPS) is 16.8. The maximum Gasteiger partial charge on any atom is 0.410 e. The van der Waals surface area contributed by atoms with Gasteiger partial charge < -0.3 is 14.4 Å². The first-order valence-corrected chi connectivity index (χ1v) is 11.3. The fourth-order valence-corrected chi connectivity index (χ4v) is 4.25. The highest BCUT2D eigenvalue weighted by atomic mass is 16.6. The molecule has 0 aromatic heterocycles. The first-order chi connectivity index (χ1) is 15.1. The Labute approximate surface area is 191 Å². The van der Waals surface area contributed by atoms with Gasteiger partial charge >= 0.3 is 6.09 Å². The van der Waals surface area contributed by atoms with E-state index in [0.717, 1.165) is 36.1 Å². The molecule has 1 saturated heterocycles. The minimum atomic E-state index is -0.501. The lowest BCUT2D eigenvalue weighted by Gasteiger charge is -2.41. The number of hydrogen-bond donors (Lipinski definition) is 0. The summed E-state index contributed by atoms with van der Waals surface area (Å²) in [6, 6.07) is 17.3. The molecule has 2 aromatic rings. The van der Waals surface area contributed by atoms with Crippen LogP contribution >= 0.6 is 0 Å². The number of benzene rings is 2. The Morgan fingerprint density at radius 3 is 2.12 bits per heavy atom. The van der Waals surface area contributed by atoms with Crippen molar-refractivity contribution in [1.82, 2.24) is 4.90 Å². The Morgan fingerprint density at radius 1 is 1.00 bits per heavy atom. The predicted molar refractivity (Wildman–Crippen MR) is 126 cm³/mol. The SMILES string of the molecule is COc1ccc(C(CC2(C)CCN(C(=O)OC(C)(C)C)CC2)C(=O)c2ccccc2)cc1. The number of methoxy groups -OCH3 is 1. The highest BCUT2D eigenvalue weighted by Crippen LogP contribution is 2.42. The van der Waals surface area contributed by atoms with Gasteiger partial charge in [-0.3, -0.25) is 4.79 Å². The van der Waals surface area contributed by atoms with Gasteiger partial charge in [0.2, 0.25) is 0 Å². The molecule has 1 atom stereocenters. The summed E-state index contributed by atoms with van der Waals surface area (Å²) in [6.45, 7) is 9.16. The maximum atomic E-state index is 13.5. The zero-order valence-electron chi connectivity index (χ0n) is 19.9. The average molecular weight is 438 g/mol. The Bertz CT molecular complexity index is 907. The summed E-state index contributed by atoms with van der Waals surface area (Å²) < 4.78 is 10.8. The van der Waals surface area contributed by atoms with E-state index in [2.05, 4.69) is 6.92 Å². The molecule has 5 nitrogen and oxygen atoms in total. The van der Waals surface area contributed by atoms with E-state index in [4.69, 9.17) is 9.47 Å². The van der Waals surface area contributed by atoms with Gasteiger partial charge in [-0.05, 0) is 63.1 Å². The van der Waals surface area contributed by atoms with Gasteiger partial charge in [0, 0.05) is 24.6 Å². The van der Waals surface area contributed by atoms with Crippen molar-refractivity contribution in [2.75, 3.05) is 20.2 Å². The van der Waals surface area contributed by atoms with E-state index in [1.165, 1.54) is 0 Å². The van der Waals surface area contributed by atoms with Crippen molar-refractivity contribution in [3.63, 3.8) is 0 Å². The van der Waals surface area contributed by atoms with Crippen LogP contribution in [-0.2, 0) is 4.74 Å². The van der Waals surface area contributed by atoms with Gasteiger partial charge in [-0.2, -0.15) is 0 Å². The zero-order chi connectivity index (χ0) is 23.4. The Balaban J connectivity index is 1.77. The Hall–Kier alpha value is -2.82. The largest absolute Gasteiger partial charge is 0.497 e. The summed E-state index contributed by atoms with van der Waals surface area (Å²) in [5.41, 5.74) is 1.17. The van der Waals surface area contributed by atoms with E-state index < -0.39 is 5.60 Å². The summed E-state index contributed by atoms with van der Waals surface area (Å²) >= 11 is 0. The lowest BCUT2D eigenvalue weighted by Crippen LogP contribution is -2.45. The van der Waals surface area contributed by atoms with Gasteiger partial charge in [0.15, 0.2) is 5.78 Å². The first kappa shape index (κ1) is 23.8. The average Bonchev–Trinajstić information content (AvgIpc) is 2.77. The highest BCUT2D eigenvalue weighted by Gasteiger charge is 2.37. The van der Waals surface area contributed by atoms with Gasteiger partial charge in [-0.1, -0.05) is 49.4 Å². The third kappa shape index (κ3) is 6.12. The molecule has 2 aromatic carbocycles. The molecule has 172 valence electrons. The second kappa shape index (κ2) is 9.76. The molecule has 5 heteroatoms. The summed E-state index contributed by atoms with van der Waals surface area (Å²) in [7, 11) is 1.64. The number of Topliss-reactive ketones (excluding diaryl/α,β-unsaturated/α-hetero) is 1. The number of carbonyl (C=O) groups is 2. The predicted octanol–water partition coefficient (Wildman–Crippen LogP) is 6.09. The van der Waals surface area contributed by atoms with Gasteiger partial charge in [0.1, 0.15) is 11.4 Å². The van der Waals surface area contributed by atoms with Crippen LogP contribution in [0, 0.1) is 5.41 Å². The lowest BCUT2D eigenvalue weighted by molar-refractivity contribution is 0.0102. The zero-order valence-corrected chi connectivity index (χ0v) is 19.9. The van der Waals surface area contributed by atoms with Crippen LogP contribution in [0.1, 0.15) is 68.8 Å². The molecule has 0 N–H and O–H groups in total. The van der Waals surface area contributed by atoms with Crippen molar-refractivity contribution < 1.29 is 19.1 Å². The second-order valence-corrected chi connectivity index (χ2v) is 10.0. The van der Waals surface area contributed by atoms with Crippen molar-refractivity contribution >= 4 is 11.9 Å². The van der Waals surface area contributed by atoms with E-state index in [1.54, 1.807) is 12.0 Å². The molecule has 1 unspecified atom stereocenters. The minimum absolute atomic E-state index is 0.0481. The van der Waals surface area contributed by atoms with Crippen molar-refractivity contribution in [2.24, 2.45) is 5.41 Å². The van der Waals surface area contributed by atoms with E-state index in [9.17, 15) is 9.59 Å². The van der Waals surface area contributed by atoms with Gasteiger partial charge in [0.25, 0.3) is 0 Å². The number of nitrogens with zero attached hydrogens (tertiary/aromatic N) is 1. The van der Waals surface area contributed by atoms with E-state index in [0.29, 0.717) is 13.1 Å². The number of rotatable bonds is 6. The highest BCUT2D eigenvalue weighted by molar-refractivity contribution is 6.01. The molecule has 1 aliphatic heterocycles. The molecule has 32 heavy (non-hydrogen) atoms. The van der Waals surface area contributed by atoms with Crippen LogP contribution in [0.2, 0.25) is 0 Å². The number of likely N-dealkylation sites (tertiary alicyclic amines) is 1. The number of hydrogen-bond acceptors (Lipinski definition) is 4. The molecule has 0 saturated carbocycles. The molecule has 1 heterocycles.